The van der Waals surface area contributed by atoms with Gasteiger partial charge in [0.05, 0.1) is 6.61 Å². The zero-order chi connectivity index (χ0) is 14.1. The molecule has 1 aromatic carbocycles. The number of halogens is 1. The fourth-order valence-electron chi connectivity index (χ4n) is 3.25. The molecule has 0 bridgehead atoms. The van der Waals surface area contributed by atoms with E-state index in [9.17, 15) is 4.79 Å². The molecule has 20 heavy (non-hydrogen) atoms. The summed E-state index contributed by atoms with van der Waals surface area (Å²) in [4.78, 5) is 12.5. The summed E-state index contributed by atoms with van der Waals surface area (Å²) in [5.41, 5.74) is 8.16. The van der Waals surface area contributed by atoms with Crippen LogP contribution in [0.5, 0.6) is 5.75 Å². The molecule has 0 radical (unpaired) electrons. The zero-order valence-electron chi connectivity index (χ0n) is 11.5. The van der Waals surface area contributed by atoms with Crippen LogP contribution in [-0.2, 0) is 17.6 Å². The van der Waals surface area contributed by atoms with Crippen molar-refractivity contribution < 1.29 is 9.53 Å². The van der Waals surface area contributed by atoms with Gasteiger partial charge in [-0.25, -0.2) is 0 Å². The van der Waals surface area contributed by atoms with E-state index in [1.54, 1.807) is 0 Å². The highest BCUT2D eigenvalue weighted by atomic mass is 79.9. The van der Waals surface area contributed by atoms with E-state index in [0.717, 1.165) is 54.5 Å². The maximum absolute atomic E-state index is 12.5. The van der Waals surface area contributed by atoms with Gasteiger partial charge in [-0.05, 0) is 43.4 Å². The molecule has 0 atom stereocenters. The fourth-order valence-corrected chi connectivity index (χ4v) is 3.80. The minimum Gasteiger partial charge on any atom is -0.493 e. The van der Waals surface area contributed by atoms with Crippen LogP contribution in [0.2, 0.25) is 0 Å². The van der Waals surface area contributed by atoms with Crippen LogP contribution in [0.4, 0.5) is 0 Å². The molecule has 1 saturated carbocycles. The van der Waals surface area contributed by atoms with E-state index < -0.39 is 0 Å². The Hall–Kier alpha value is -0.870. The lowest BCUT2D eigenvalue weighted by molar-refractivity contribution is -0.123. The summed E-state index contributed by atoms with van der Waals surface area (Å²) in [6.07, 6.45) is 5.26. The van der Waals surface area contributed by atoms with Gasteiger partial charge in [0, 0.05) is 34.8 Å². The number of hydrogen-bond donors (Lipinski definition) is 1. The van der Waals surface area contributed by atoms with Gasteiger partial charge in [-0.2, -0.15) is 0 Å². The molecule has 2 aliphatic rings. The quantitative estimate of drug-likeness (QED) is 0.922. The molecule has 0 saturated heterocycles. The Kier molecular flexibility index (Phi) is 4.13. The number of Topliss-reactive ketones (excluding diaryl/α,β-unsaturated/α-hetero) is 1. The first-order chi connectivity index (χ1) is 9.63. The summed E-state index contributed by atoms with van der Waals surface area (Å²) in [6.45, 7) is 0.727. The Morgan fingerprint density at radius 3 is 2.80 bits per heavy atom. The third-order valence-corrected chi connectivity index (χ3v) is 4.88. The highest BCUT2D eigenvalue weighted by molar-refractivity contribution is 9.10. The lowest BCUT2D eigenvalue weighted by Gasteiger charge is -2.25. The predicted octanol–water partition coefficient (Wildman–Crippen LogP) is 3.01. The van der Waals surface area contributed by atoms with E-state index in [-0.39, 0.29) is 12.0 Å². The summed E-state index contributed by atoms with van der Waals surface area (Å²) in [7, 11) is 0. The van der Waals surface area contributed by atoms with Crippen LogP contribution in [0.1, 0.15) is 36.8 Å². The fraction of sp³-hybridized carbons (Fsp3) is 0.562. The Morgan fingerprint density at radius 1 is 1.30 bits per heavy atom. The monoisotopic (exact) mass is 337 g/mol. The second kappa shape index (κ2) is 5.86. The van der Waals surface area contributed by atoms with Crippen molar-refractivity contribution in [1.29, 1.82) is 0 Å². The molecular formula is C16H20BrNO2. The Bertz CT molecular complexity index is 521. The number of ether oxygens (including phenoxy) is 1. The number of benzene rings is 1. The summed E-state index contributed by atoms with van der Waals surface area (Å²) < 4.78 is 6.73. The van der Waals surface area contributed by atoms with Gasteiger partial charge < -0.3 is 10.5 Å². The van der Waals surface area contributed by atoms with Gasteiger partial charge in [-0.3, -0.25) is 4.79 Å². The molecule has 1 aliphatic carbocycles. The third kappa shape index (κ3) is 2.91. The average Bonchev–Trinajstić information content (AvgIpc) is 2.87. The van der Waals surface area contributed by atoms with Crippen molar-refractivity contribution >= 4 is 21.7 Å². The number of hydrogen-bond acceptors (Lipinski definition) is 3. The van der Waals surface area contributed by atoms with E-state index in [1.165, 1.54) is 5.56 Å². The third-order valence-electron chi connectivity index (χ3n) is 4.42. The molecule has 1 fully saturated rings. The van der Waals surface area contributed by atoms with E-state index in [2.05, 4.69) is 22.0 Å². The van der Waals surface area contributed by atoms with Crippen molar-refractivity contribution in [2.24, 2.45) is 11.7 Å². The maximum Gasteiger partial charge on any atom is 0.140 e. The van der Waals surface area contributed by atoms with Crippen LogP contribution >= 0.6 is 15.9 Å². The van der Waals surface area contributed by atoms with Crippen molar-refractivity contribution in [3.63, 3.8) is 0 Å². The van der Waals surface area contributed by atoms with E-state index >= 15 is 0 Å². The van der Waals surface area contributed by atoms with Crippen molar-refractivity contribution in [2.45, 2.75) is 44.6 Å². The largest absolute Gasteiger partial charge is 0.493 e. The van der Waals surface area contributed by atoms with Crippen LogP contribution in [0.25, 0.3) is 0 Å². The Labute approximate surface area is 128 Å². The second-order valence-corrected chi connectivity index (χ2v) is 6.82. The van der Waals surface area contributed by atoms with E-state index in [4.69, 9.17) is 10.5 Å². The minimum atomic E-state index is 0.186. The second-order valence-electron chi connectivity index (χ2n) is 5.91. The molecule has 0 amide bonds. The summed E-state index contributed by atoms with van der Waals surface area (Å²) >= 11 is 3.53. The number of nitrogens with two attached hydrogens (primary N) is 1. The molecule has 0 aromatic heterocycles. The van der Waals surface area contributed by atoms with Gasteiger partial charge in [0.15, 0.2) is 0 Å². The highest BCUT2D eigenvalue weighted by Gasteiger charge is 2.26. The normalized spacial score (nSPS) is 25.1. The number of ketones is 1. The van der Waals surface area contributed by atoms with Crippen LogP contribution < -0.4 is 10.5 Å². The SMILES string of the molecule is NC1CCC(C(=O)Cc2cc(Br)cc3c2OCC3)CC1. The average molecular weight is 338 g/mol. The van der Waals surface area contributed by atoms with Crippen LogP contribution in [0.3, 0.4) is 0 Å². The standard InChI is InChI=1S/C16H20BrNO2/c17-13-7-11-5-6-20-16(11)12(8-13)9-15(19)10-1-3-14(18)4-2-10/h7-8,10,14H,1-6,9,18H2. The Balaban J connectivity index is 1.73. The van der Waals surface area contributed by atoms with Crippen LogP contribution in [0.15, 0.2) is 16.6 Å². The molecule has 2 N–H and O–H groups in total. The van der Waals surface area contributed by atoms with Gasteiger partial charge in [-0.15, -0.1) is 0 Å². The van der Waals surface area contributed by atoms with Crippen molar-refractivity contribution in [3.8, 4) is 5.75 Å². The molecule has 1 aliphatic heterocycles. The summed E-state index contributed by atoms with van der Waals surface area (Å²) in [5, 5.41) is 0. The van der Waals surface area contributed by atoms with Crippen molar-refractivity contribution in [3.05, 3.63) is 27.7 Å². The zero-order valence-corrected chi connectivity index (χ0v) is 13.1. The number of rotatable bonds is 3. The maximum atomic E-state index is 12.5. The topological polar surface area (TPSA) is 52.3 Å². The van der Waals surface area contributed by atoms with Gasteiger partial charge in [0.25, 0.3) is 0 Å². The Morgan fingerprint density at radius 2 is 2.05 bits per heavy atom. The molecule has 4 heteroatoms. The van der Waals surface area contributed by atoms with Crippen LogP contribution in [0, 0.1) is 5.92 Å². The molecule has 0 unspecified atom stereocenters. The molecule has 108 valence electrons. The molecule has 3 rings (SSSR count). The first-order valence-electron chi connectivity index (χ1n) is 7.36. The van der Waals surface area contributed by atoms with E-state index in [1.807, 2.05) is 6.07 Å². The van der Waals surface area contributed by atoms with Crippen LogP contribution in [-0.4, -0.2) is 18.4 Å². The predicted molar refractivity (Wildman–Crippen MR) is 82.0 cm³/mol. The minimum absolute atomic E-state index is 0.186. The van der Waals surface area contributed by atoms with Crippen molar-refractivity contribution in [2.75, 3.05) is 6.61 Å². The van der Waals surface area contributed by atoms with Gasteiger partial charge in [0.1, 0.15) is 11.5 Å². The first kappa shape index (κ1) is 14.1. The molecule has 1 aromatic rings. The van der Waals surface area contributed by atoms with Gasteiger partial charge >= 0.3 is 0 Å². The highest BCUT2D eigenvalue weighted by Crippen LogP contribution is 2.34. The van der Waals surface area contributed by atoms with E-state index in [0.29, 0.717) is 12.2 Å². The summed E-state index contributed by atoms with van der Waals surface area (Å²) in [6, 6.07) is 4.41. The van der Waals surface area contributed by atoms with Crippen molar-refractivity contribution in [1.82, 2.24) is 0 Å². The summed E-state index contributed by atoms with van der Waals surface area (Å²) in [5.74, 6) is 1.47. The smallest absolute Gasteiger partial charge is 0.140 e. The number of carbonyl (C=O) groups excluding carboxylic acids is 1. The molecular weight excluding hydrogens is 318 g/mol. The molecule has 1 heterocycles. The lowest BCUT2D eigenvalue weighted by Crippen LogP contribution is -2.30. The van der Waals surface area contributed by atoms with Gasteiger partial charge in [-0.1, -0.05) is 15.9 Å². The number of carbonyl (C=O) groups is 1. The molecule has 3 nitrogen and oxygen atoms in total. The van der Waals surface area contributed by atoms with Gasteiger partial charge in [0.2, 0.25) is 0 Å². The number of fused-ring (bicyclic) bond motifs is 1. The first-order valence-corrected chi connectivity index (χ1v) is 8.15. The molecule has 0 spiro atoms. The lowest BCUT2D eigenvalue weighted by atomic mass is 9.82.